The predicted octanol–water partition coefficient (Wildman–Crippen LogP) is 3.23. The molecular formula is C18H14F3N5O2. The van der Waals surface area contributed by atoms with Crippen LogP contribution in [0.3, 0.4) is 0 Å². The van der Waals surface area contributed by atoms with E-state index < -0.39 is 17.8 Å². The molecular weight excluding hydrogens is 375 g/mol. The topological polar surface area (TPSA) is 98.9 Å². The summed E-state index contributed by atoms with van der Waals surface area (Å²) in [5.74, 6) is -0.745. The lowest BCUT2D eigenvalue weighted by Gasteiger charge is -2.12. The summed E-state index contributed by atoms with van der Waals surface area (Å²) in [6, 6.07) is 8.63. The third-order valence-corrected chi connectivity index (χ3v) is 4.04. The standard InChI is InChI=1S/C18H14F3N5O2/c1-10-7-14(18(19,20)21)26(24-10)13-5-3-12(4-6-13)25-9-11(8-22)15(23)16(25)17(27)28-2/h3-7,9H,23H2,1-2H3. The zero-order valence-electron chi connectivity index (χ0n) is 14.8. The molecule has 0 unspecified atom stereocenters. The van der Waals surface area contributed by atoms with Crippen LogP contribution in [-0.4, -0.2) is 27.4 Å². The molecule has 28 heavy (non-hydrogen) atoms. The van der Waals surface area contributed by atoms with Crippen LogP contribution in [0.4, 0.5) is 18.9 Å². The number of methoxy groups -OCH3 is 1. The Balaban J connectivity index is 2.09. The van der Waals surface area contributed by atoms with Gasteiger partial charge in [0.25, 0.3) is 0 Å². The quantitative estimate of drug-likeness (QED) is 0.694. The molecule has 2 N–H and O–H groups in total. The number of aromatic nitrogens is 3. The molecule has 10 heteroatoms. The van der Waals surface area contributed by atoms with E-state index in [0.717, 1.165) is 10.7 Å². The summed E-state index contributed by atoms with van der Waals surface area (Å²) in [6.45, 7) is 1.47. The van der Waals surface area contributed by atoms with Crippen molar-refractivity contribution in [2.45, 2.75) is 13.1 Å². The lowest BCUT2D eigenvalue weighted by atomic mass is 10.2. The molecule has 0 aliphatic carbocycles. The first kappa shape index (κ1) is 19.0. The van der Waals surface area contributed by atoms with Gasteiger partial charge in [-0.25, -0.2) is 9.48 Å². The zero-order chi connectivity index (χ0) is 20.6. The summed E-state index contributed by atoms with van der Waals surface area (Å²) in [4.78, 5) is 12.0. The van der Waals surface area contributed by atoms with E-state index in [9.17, 15) is 18.0 Å². The number of nitrogens with zero attached hydrogens (tertiary/aromatic N) is 4. The van der Waals surface area contributed by atoms with Crippen LogP contribution >= 0.6 is 0 Å². The number of hydrogen-bond acceptors (Lipinski definition) is 5. The van der Waals surface area contributed by atoms with Gasteiger partial charge in [-0.15, -0.1) is 0 Å². The van der Waals surface area contributed by atoms with Crippen molar-refractivity contribution in [2.75, 3.05) is 12.8 Å². The molecule has 0 saturated heterocycles. The monoisotopic (exact) mass is 389 g/mol. The number of anilines is 1. The number of esters is 1. The van der Waals surface area contributed by atoms with Gasteiger partial charge in [0.15, 0.2) is 5.69 Å². The SMILES string of the molecule is COC(=O)c1c(N)c(C#N)cn1-c1ccc(-n2nc(C)cc2C(F)(F)F)cc1. The Hall–Kier alpha value is -3.74. The lowest BCUT2D eigenvalue weighted by molar-refractivity contribution is -0.142. The van der Waals surface area contributed by atoms with Crippen LogP contribution in [0.2, 0.25) is 0 Å². The molecule has 0 spiro atoms. The third kappa shape index (κ3) is 3.18. The first-order chi connectivity index (χ1) is 13.2. The van der Waals surface area contributed by atoms with Gasteiger partial charge < -0.3 is 15.0 Å². The summed E-state index contributed by atoms with van der Waals surface area (Å²) in [6.07, 6.45) is -3.20. The number of hydrogen-bond donors (Lipinski definition) is 1. The molecule has 0 bridgehead atoms. The highest BCUT2D eigenvalue weighted by molar-refractivity contribution is 5.95. The molecule has 3 rings (SSSR count). The summed E-state index contributed by atoms with van der Waals surface area (Å²) in [7, 11) is 1.17. The van der Waals surface area contributed by atoms with E-state index in [-0.39, 0.29) is 28.3 Å². The van der Waals surface area contributed by atoms with Gasteiger partial charge in [-0.2, -0.15) is 23.5 Å². The smallest absolute Gasteiger partial charge is 0.433 e. The minimum atomic E-state index is -4.56. The number of halogens is 3. The molecule has 2 aromatic heterocycles. The van der Waals surface area contributed by atoms with E-state index >= 15 is 0 Å². The minimum Gasteiger partial charge on any atom is -0.464 e. The first-order valence-electron chi connectivity index (χ1n) is 7.91. The fourth-order valence-corrected chi connectivity index (χ4v) is 2.77. The van der Waals surface area contributed by atoms with Crippen LogP contribution in [0.5, 0.6) is 0 Å². The number of rotatable bonds is 3. The highest BCUT2D eigenvalue weighted by Gasteiger charge is 2.35. The first-order valence-corrected chi connectivity index (χ1v) is 7.91. The molecule has 0 fully saturated rings. The Morgan fingerprint density at radius 2 is 1.86 bits per heavy atom. The average molecular weight is 389 g/mol. The van der Waals surface area contributed by atoms with Crippen LogP contribution < -0.4 is 5.73 Å². The van der Waals surface area contributed by atoms with Crippen LogP contribution in [0, 0.1) is 18.3 Å². The minimum absolute atomic E-state index is 0.0412. The van der Waals surface area contributed by atoms with E-state index in [2.05, 4.69) is 5.10 Å². The van der Waals surface area contributed by atoms with E-state index in [1.54, 1.807) is 0 Å². The van der Waals surface area contributed by atoms with Gasteiger partial charge in [-0.05, 0) is 37.3 Å². The number of benzene rings is 1. The number of aryl methyl sites for hydroxylation is 1. The Kier molecular flexibility index (Phi) is 4.60. The van der Waals surface area contributed by atoms with Crippen molar-refractivity contribution in [1.29, 1.82) is 5.26 Å². The number of ether oxygens (including phenoxy) is 1. The van der Waals surface area contributed by atoms with Gasteiger partial charge in [0.05, 0.1) is 29.7 Å². The maximum atomic E-state index is 13.2. The summed E-state index contributed by atoms with van der Waals surface area (Å²) in [5, 5.41) is 13.0. The van der Waals surface area contributed by atoms with E-state index in [1.807, 2.05) is 6.07 Å². The number of carbonyl (C=O) groups excluding carboxylic acids is 1. The average Bonchev–Trinajstić information content (AvgIpc) is 3.21. The van der Waals surface area contributed by atoms with Crippen LogP contribution in [-0.2, 0) is 10.9 Å². The van der Waals surface area contributed by atoms with Crippen molar-refractivity contribution in [3.8, 4) is 17.4 Å². The lowest BCUT2D eigenvalue weighted by Crippen LogP contribution is -2.13. The number of nitriles is 1. The zero-order valence-corrected chi connectivity index (χ0v) is 14.8. The molecule has 3 aromatic rings. The maximum absolute atomic E-state index is 13.2. The van der Waals surface area contributed by atoms with Crippen LogP contribution in [0.15, 0.2) is 36.5 Å². The van der Waals surface area contributed by atoms with Gasteiger partial charge >= 0.3 is 12.1 Å². The van der Waals surface area contributed by atoms with E-state index in [0.29, 0.717) is 5.69 Å². The van der Waals surface area contributed by atoms with Gasteiger partial charge in [0, 0.05) is 11.9 Å². The Morgan fingerprint density at radius 3 is 2.39 bits per heavy atom. The van der Waals surface area contributed by atoms with E-state index in [1.165, 1.54) is 49.1 Å². The third-order valence-electron chi connectivity index (χ3n) is 4.04. The predicted molar refractivity (Wildman–Crippen MR) is 93.1 cm³/mol. The highest BCUT2D eigenvalue weighted by atomic mass is 19.4. The molecule has 144 valence electrons. The Labute approximate surface area is 157 Å². The van der Waals surface area contributed by atoms with Crippen LogP contribution in [0.25, 0.3) is 11.4 Å². The van der Waals surface area contributed by atoms with Gasteiger partial charge in [0.2, 0.25) is 0 Å². The van der Waals surface area contributed by atoms with Crippen molar-refractivity contribution < 1.29 is 22.7 Å². The van der Waals surface area contributed by atoms with Crippen molar-refractivity contribution in [3.05, 3.63) is 59.2 Å². The van der Waals surface area contributed by atoms with Gasteiger partial charge in [0.1, 0.15) is 11.8 Å². The Morgan fingerprint density at radius 1 is 1.25 bits per heavy atom. The van der Waals surface area contributed by atoms with Gasteiger partial charge in [-0.3, -0.25) is 0 Å². The second-order valence-electron chi connectivity index (χ2n) is 5.88. The second kappa shape index (κ2) is 6.77. The molecule has 0 saturated carbocycles. The highest BCUT2D eigenvalue weighted by Crippen LogP contribution is 2.32. The maximum Gasteiger partial charge on any atom is 0.433 e. The Bertz CT molecular complexity index is 1090. The molecule has 2 heterocycles. The number of nitrogen functional groups attached to an aromatic ring is 1. The fraction of sp³-hybridized carbons (Fsp3) is 0.167. The largest absolute Gasteiger partial charge is 0.464 e. The van der Waals surface area contributed by atoms with Crippen molar-refractivity contribution >= 4 is 11.7 Å². The van der Waals surface area contributed by atoms with Crippen LogP contribution in [0.1, 0.15) is 27.4 Å². The molecule has 0 amide bonds. The fourth-order valence-electron chi connectivity index (χ4n) is 2.77. The number of carbonyl (C=O) groups is 1. The van der Waals surface area contributed by atoms with Crippen molar-refractivity contribution in [3.63, 3.8) is 0 Å². The van der Waals surface area contributed by atoms with Crippen molar-refractivity contribution in [1.82, 2.24) is 14.3 Å². The van der Waals surface area contributed by atoms with Crippen molar-refractivity contribution in [2.24, 2.45) is 0 Å². The van der Waals surface area contributed by atoms with Gasteiger partial charge in [-0.1, -0.05) is 0 Å². The number of alkyl halides is 3. The molecule has 1 aromatic carbocycles. The van der Waals surface area contributed by atoms with E-state index in [4.69, 9.17) is 15.7 Å². The summed E-state index contributed by atoms with van der Waals surface area (Å²) in [5.41, 5.74) is 5.75. The molecule has 0 radical (unpaired) electrons. The summed E-state index contributed by atoms with van der Waals surface area (Å²) >= 11 is 0. The molecule has 0 atom stereocenters. The number of nitrogens with two attached hydrogens (primary N) is 1. The normalized spacial score (nSPS) is 11.3. The molecule has 7 nitrogen and oxygen atoms in total. The second-order valence-corrected chi connectivity index (χ2v) is 5.88. The molecule has 0 aliphatic rings. The molecule has 0 aliphatic heterocycles. The summed E-state index contributed by atoms with van der Waals surface area (Å²) < 4.78 is 46.4.